The maximum Gasteiger partial charge on any atom is 0.412 e. The van der Waals surface area contributed by atoms with Gasteiger partial charge in [0.05, 0.1) is 76.8 Å². The number of amides is 8. The molecule has 0 spiro atoms. The number of fused-ring (bicyclic) bond motifs is 4. The first-order chi connectivity index (χ1) is 62.6. The van der Waals surface area contributed by atoms with Gasteiger partial charge in [-0.25, -0.2) is 24.7 Å². The monoisotopic (exact) mass is 1750 g/mol. The van der Waals surface area contributed by atoms with Crippen molar-refractivity contribution in [1.82, 2.24) is 99.3 Å². The molecule has 22 rings (SSSR count). The number of aromatic nitrogens is 12. The Morgan fingerprint density at radius 1 is 0.434 bits per heavy atom. The summed E-state index contributed by atoms with van der Waals surface area (Å²) < 4.78 is 17.5. The molecule has 0 aromatic carbocycles. The minimum atomic E-state index is -0.565. The lowest BCUT2D eigenvalue weighted by atomic mass is 9.84. The standard InChI is InChI=1S/C25H32N8O3.2C24H29N7O2.C18H20N6O3/c1-17-18(13-23(34)27-17)12-19-15-26-33-22(28-20-2-3-20)14-21(29-25(19)33)31-4-6-32(7-5-31)24(35)16-30-8-10-36-11-9-30;1-15-17(12-22(32)26-15)11-18-14-25-31-21(27-19-4-5-19)13-20(28-24(18)31)29-6-8-30(9-7-29)23(33)10-16-2-3-16;1-15-17(12-22(32)26-15)11-18-14-25-31-21(27-19-5-6-19)13-20(28-23(18)31)29-7-9-30(10-8-29)24(33)16-3-2-4-16;1-3-27-18(26)23-14-8-15(21-13-4-5-13)24-17(22-14)12(9-19-24)6-11-7-16(25)20-10(11)2/h12,14-15,20,28H,1-11,13,16H2,(H,27,34);2*11,13-14,16,19,27H,1-10,12H2,(H,26,32);6,8-9,13,21H,2-5,7H2,1H3,(H,20,25)(H,22,23,26)/b18-12+;2*17-11+;11-6+. The van der Waals surface area contributed by atoms with Gasteiger partial charge in [-0.2, -0.15) is 38.5 Å². The van der Waals surface area contributed by atoms with Crippen LogP contribution in [0.5, 0.6) is 0 Å². The summed E-state index contributed by atoms with van der Waals surface area (Å²) in [5.74, 6) is 7.95. The molecule has 14 fully saturated rings. The first-order valence-electron chi connectivity index (χ1n) is 45.4. The summed E-state index contributed by atoms with van der Waals surface area (Å²) in [5, 5.41) is 45.9. The summed E-state index contributed by atoms with van der Waals surface area (Å²) >= 11 is 0. The molecule has 38 nitrogen and oxygen atoms in total. The fourth-order valence-corrected chi connectivity index (χ4v) is 17.0. The SMILES string of the molecule is C=C1NC(=O)C/C1=C\c1cnn2c(NC3CC3)cc(N3CCN(C(=O)C4CCC4)CC3)nc12.C=C1NC(=O)C/C1=C\c1cnn2c(NC3CC3)cc(N3CCN(C(=O)CC4CC4)CC3)nc12.C=C1NC(=O)C/C1=C\c1cnn2c(NC3CC3)cc(N3CCN(C(=O)CN4CCOCC4)CC3)nc12.C=C1NC(=O)C/C1=C\c1cnn2c(NC3CC3)cc(NC(=O)OCC)nc12. The van der Waals surface area contributed by atoms with Gasteiger partial charge < -0.3 is 81.4 Å². The van der Waals surface area contributed by atoms with Crippen molar-refractivity contribution in [2.45, 2.75) is 147 Å². The number of carbonyl (C=O) groups is 8. The van der Waals surface area contributed by atoms with E-state index >= 15 is 0 Å². The molecule has 8 aliphatic heterocycles. The van der Waals surface area contributed by atoms with Gasteiger partial charge in [0, 0.05) is 197 Å². The number of anilines is 8. The van der Waals surface area contributed by atoms with Crippen molar-refractivity contribution < 1.29 is 47.8 Å². The molecule has 0 atom stereocenters. The van der Waals surface area contributed by atoms with E-state index in [1.807, 2.05) is 52.6 Å². The molecule has 129 heavy (non-hydrogen) atoms. The summed E-state index contributed by atoms with van der Waals surface area (Å²) in [4.78, 5) is 131. The van der Waals surface area contributed by atoms with E-state index in [-0.39, 0.29) is 48.5 Å². The number of rotatable bonds is 22. The lowest BCUT2D eigenvalue weighted by molar-refractivity contribution is -0.138. The van der Waals surface area contributed by atoms with Gasteiger partial charge >= 0.3 is 6.09 Å². The van der Waals surface area contributed by atoms with Gasteiger partial charge in [0.15, 0.2) is 22.6 Å². The Bertz CT molecular complexity index is 5960. The van der Waals surface area contributed by atoms with E-state index in [2.05, 4.69) is 137 Å². The Morgan fingerprint density at radius 2 is 0.775 bits per heavy atom. The summed E-state index contributed by atoms with van der Waals surface area (Å²) in [5.41, 5.74) is 12.0. The molecule has 8 aromatic heterocycles. The number of piperazine rings is 3. The Labute approximate surface area is 744 Å². The third-order valence-corrected chi connectivity index (χ3v) is 25.5. The lowest BCUT2D eigenvalue weighted by Gasteiger charge is -2.38. The van der Waals surface area contributed by atoms with Crippen molar-refractivity contribution in [2.24, 2.45) is 11.8 Å². The molecule has 6 saturated carbocycles. The van der Waals surface area contributed by atoms with Crippen LogP contribution in [0.1, 0.15) is 145 Å². The van der Waals surface area contributed by atoms with Crippen molar-refractivity contribution in [3.8, 4) is 0 Å². The van der Waals surface area contributed by atoms with Gasteiger partial charge in [-0.15, -0.1) is 0 Å². The molecule has 14 aliphatic rings. The first-order valence-corrected chi connectivity index (χ1v) is 45.4. The van der Waals surface area contributed by atoms with Crippen molar-refractivity contribution in [1.29, 1.82) is 0 Å². The molecule has 0 radical (unpaired) electrons. The van der Waals surface area contributed by atoms with Crippen LogP contribution in [-0.4, -0.2) is 268 Å². The normalized spacial score (nSPS) is 21.6. The van der Waals surface area contributed by atoms with Gasteiger partial charge in [-0.3, -0.25) is 43.8 Å². The van der Waals surface area contributed by atoms with Crippen molar-refractivity contribution >= 4 is 141 Å². The van der Waals surface area contributed by atoms with Gasteiger partial charge in [0.2, 0.25) is 41.4 Å². The number of nitrogens with zero attached hydrogens (tertiary/aromatic N) is 19. The molecule has 0 bridgehead atoms. The third-order valence-electron chi connectivity index (χ3n) is 25.5. The highest BCUT2D eigenvalue weighted by atomic mass is 16.5. The Hall–Kier alpha value is -13.5. The Kier molecular flexibility index (Phi) is 24.2. The van der Waals surface area contributed by atoms with Crippen LogP contribution in [-0.2, 0) is 43.0 Å². The van der Waals surface area contributed by atoms with Crippen molar-refractivity contribution in [3.63, 3.8) is 0 Å². The second-order valence-electron chi connectivity index (χ2n) is 35.6. The molecule has 38 heteroatoms. The highest BCUT2D eigenvalue weighted by Crippen LogP contribution is 2.38. The van der Waals surface area contributed by atoms with Crippen LogP contribution in [0.4, 0.5) is 51.3 Å². The average Bonchev–Trinajstić information content (AvgIpc) is 1.00. The number of allylic oxidation sites excluding steroid dienone is 4. The number of hydrogen-bond donors (Lipinski definition) is 9. The zero-order valence-electron chi connectivity index (χ0n) is 72.8. The van der Waals surface area contributed by atoms with Gasteiger partial charge in [-0.1, -0.05) is 32.7 Å². The van der Waals surface area contributed by atoms with Gasteiger partial charge in [0.1, 0.15) is 46.5 Å². The molecule has 16 heterocycles. The van der Waals surface area contributed by atoms with Crippen LogP contribution < -0.4 is 62.6 Å². The molecule has 674 valence electrons. The maximum absolute atomic E-state index is 12.8. The number of carbonyl (C=O) groups excluding carboxylic acids is 8. The van der Waals surface area contributed by atoms with Crippen LogP contribution in [0.3, 0.4) is 0 Å². The molecule has 8 saturated heterocycles. The van der Waals surface area contributed by atoms with Crippen LogP contribution in [0.2, 0.25) is 0 Å². The highest BCUT2D eigenvalue weighted by Gasteiger charge is 2.37. The zero-order valence-corrected chi connectivity index (χ0v) is 72.8. The molecular formula is C91H110N28O10. The smallest absolute Gasteiger partial charge is 0.412 e. The highest BCUT2D eigenvalue weighted by molar-refractivity contribution is 5.94. The number of morpholine rings is 1. The van der Waals surface area contributed by atoms with Crippen molar-refractivity contribution in [2.75, 3.05) is 159 Å². The minimum absolute atomic E-state index is 0.0400. The molecule has 6 aliphatic carbocycles. The van der Waals surface area contributed by atoms with Gasteiger partial charge in [0.25, 0.3) is 0 Å². The maximum atomic E-state index is 12.8. The minimum Gasteiger partial charge on any atom is -0.450 e. The summed E-state index contributed by atoms with van der Waals surface area (Å²) in [6, 6.07) is 9.72. The molecule has 9 N–H and O–H groups in total. The van der Waals surface area contributed by atoms with E-state index in [1.54, 1.807) is 42.3 Å². The van der Waals surface area contributed by atoms with Crippen LogP contribution in [0.25, 0.3) is 46.9 Å². The van der Waals surface area contributed by atoms with E-state index in [0.29, 0.717) is 135 Å². The molecule has 8 amide bonds. The van der Waals surface area contributed by atoms with E-state index in [0.717, 1.165) is 245 Å². The van der Waals surface area contributed by atoms with E-state index in [4.69, 9.17) is 24.4 Å². The van der Waals surface area contributed by atoms with Crippen molar-refractivity contribution in [3.05, 3.63) is 143 Å². The number of ether oxygens (including phenoxy) is 2. The topological polar surface area (TPSA) is 407 Å². The largest absolute Gasteiger partial charge is 0.450 e. The van der Waals surface area contributed by atoms with Crippen LogP contribution in [0, 0.1) is 11.8 Å². The molecular weight excluding hydrogens is 1650 g/mol. The Balaban J connectivity index is 0.000000112. The third kappa shape index (κ3) is 20.1. The van der Waals surface area contributed by atoms with Crippen LogP contribution >= 0.6 is 0 Å². The number of nitrogens with one attached hydrogen (secondary N) is 9. The fourth-order valence-electron chi connectivity index (χ4n) is 17.0. The zero-order chi connectivity index (χ0) is 88.7. The fraction of sp³-hybridized carbons (Fsp3) is 0.473. The Morgan fingerprint density at radius 3 is 1.09 bits per heavy atom. The van der Waals surface area contributed by atoms with E-state index in [1.165, 1.54) is 19.3 Å². The average molecular weight is 1760 g/mol. The molecule has 0 unspecified atom stereocenters. The van der Waals surface area contributed by atoms with E-state index in [9.17, 15) is 38.4 Å². The summed E-state index contributed by atoms with van der Waals surface area (Å²) in [6.45, 7) is 30.0. The van der Waals surface area contributed by atoms with Gasteiger partial charge in [-0.05, 0) is 136 Å². The summed E-state index contributed by atoms with van der Waals surface area (Å²) in [6.07, 6.45) is 30.9. The predicted molar refractivity (Wildman–Crippen MR) is 487 cm³/mol. The first kappa shape index (κ1) is 84.9. The molecule has 8 aromatic rings. The second kappa shape index (κ2) is 36.7. The number of hydrogen-bond acceptors (Lipinski definition) is 26. The predicted octanol–water partition coefficient (Wildman–Crippen LogP) is 7.33. The van der Waals surface area contributed by atoms with E-state index < -0.39 is 6.09 Å². The van der Waals surface area contributed by atoms with Crippen LogP contribution in [0.15, 0.2) is 120 Å². The quantitative estimate of drug-likeness (QED) is 0.0320. The summed E-state index contributed by atoms with van der Waals surface area (Å²) in [7, 11) is 0. The lowest BCUT2D eigenvalue weighted by Crippen LogP contribution is -2.52. The second-order valence-corrected chi connectivity index (χ2v) is 35.6.